The van der Waals surface area contributed by atoms with Gasteiger partial charge in [0.15, 0.2) is 0 Å². The zero-order valence-electron chi connectivity index (χ0n) is 22.0. The molecule has 3 rings (SSSR count). The Kier molecular flexibility index (Phi) is 11.2. The fourth-order valence-electron chi connectivity index (χ4n) is 4.04. The summed E-state index contributed by atoms with van der Waals surface area (Å²) in [6.45, 7) is 3.84. The Bertz CT molecular complexity index is 1340. The summed E-state index contributed by atoms with van der Waals surface area (Å²) in [5.41, 5.74) is 1.14. The molecule has 1 atom stereocenters. The van der Waals surface area contributed by atoms with Gasteiger partial charge in [0, 0.05) is 23.1 Å². The zero-order chi connectivity index (χ0) is 28.4. The summed E-state index contributed by atoms with van der Waals surface area (Å²) in [6, 6.07) is 21.0. The number of amides is 2. The number of benzene rings is 3. The van der Waals surface area contributed by atoms with E-state index in [1.807, 2.05) is 37.3 Å². The summed E-state index contributed by atoms with van der Waals surface area (Å²) in [5, 5.41) is 3.32. The van der Waals surface area contributed by atoms with Crippen molar-refractivity contribution < 1.29 is 18.0 Å². The van der Waals surface area contributed by atoms with Gasteiger partial charge in [-0.05, 0) is 55.7 Å². The highest BCUT2D eigenvalue weighted by atomic mass is 35.5. The van der Waals surface area contributed by atoms with Crippen molar-refractivity contribution in [2.24, 2.45) is 0 Å². The van der Waals surface area contributed by atoms with Crippen LogP contribution < -0.4 is 9.62 Å². The minimum Gasteiger partial charge on any atom is -0.354 e. The van der Waals surface area contributed by atoms with Crippen LogP contribution in [0.5, 0.6) is 0 Å². The lowest BCUT2D eigenvalue weighted by Gasteiger charge is -2.32. The summed E-state index contributed by atoms with van der Waals surface area (Å²) in [7, 11) is -4.18. The van der Waals surface area contributed by atoms with E-state index >= 15 is 0 Å². The first-order chi connectivity index (χ1) is 18.6. The first-order valence-electron chi connectivity index (χ1n) is 12.8. The Balaban J connectivity index is 1.96. The molecular formula is C29H33Cl2N3O4S. The standard InChI is InChI=1S/C29H33Cl2N3O4S/c1-3-4-16-32-29(36)22(2)33(17-15-23-11-7-5-8-12-23)28(35)21-34(26-19-24(30)18-25(31)20-26)39(37,38)27-13-9-6-10-14-27/h5-14,18-20,22H,3-4,15-17,21H2,1-2H3,(H,32,36)/t22-/m0/s1. The fourth-order valence-corrected chi connectivity index (χ4v) is 5.97. The maximum absolute atomic E-state index is 13.8. The Hall–Kier alpha value is -3.07. The maximum Gasteiger partial charge on any atom is 0.264 e. The van der Waals surface area contributed by atoms with Gasteiger partial charge in [0.25, 0.3) is 10.0 Å². The molecular weight excluding hydrogens is 557 g/mol. The molecule has 1 N–H and O–H groups in total. The van der Waals surface area contributed by atoms with E-state index in [0.29, 0.717) is 13.0 Å². The van der Waals surface area contributed by atoms with Crippen LogP contribution in [0.3, 0.4) is 0 Å². The molecule has 10 heteroatoms. The molecule has 3 aromatic rings. The summed E-state index contributed by atoms with van der Waals surface area (Å²) in [5.74, 6) is -0.826. The van der Waals surface area contributed by atoms with Crippen molar-refractivity contribution in [3.63, 3.8) is 0 Å². The number of hydrogen-bond acceptors (Lipinski definition) is 4. The van der Waals surface area contributed by atoms with Gasteiger partial charge in [-0.2, -0.15) is 0 Å². The van der Waals surface area contributed by atoms with E-state index in [4.69, 9.17) is 23.2 Å². The second-order valence-corrected chi connectivity index (χ2v) is 11.8. The van der Waals surface area contributed by atoms with Gasteiger partial charge in [-0.25, -0.2) is 8.42 Å². The first kappa shape index (κ1) is 30.5. The average molecular weight is 591 g/mol. The van der Waals surface area contributed by atoms with Crippen LogP contribution in [0, 0.1) is 0 Å². The third-order valence-corrected chi connectivity index (χ3v) is 8.45. The molecule has 208 valence electrons. The number of nitrogens with one attached hydrogen (secondary N) is 1. The molecule has 0 bridgehead atoms. The fraction of sp³-hybridized carbons (Fsp3) is 0.310. The molecule has 0 saturated carbocycles. The second kappa shape index (κ2) is 14.4. The number of hydrogen-bond donors (Lipinski definition) is 1. The van der Waals surface area contributed by atoms with Crippen molar-refractivity contribution in [2.75, 3.05) is 23.9 Å². The van der Waals surface area contributed by atoms with E-state index in [9.17, 15) is 18.0 Å². The number of halogens is 2. The van der Waals surface area contributed by atoms with Crippen molar-refractivity contribution in [1.29, 1.82) is 0 Å². The van der Waals surface area contributed by atoms with Crippen LogP contribution in [0.1, 0.15) is 32.3 Å². The normalized spacial score (nSPS) is 12.0. The smallest absolute Gasteiger partial charge is 0.264 e. The number of nitrogens with zero attached hydrogens (tertiary/aromatic N) is 2. The molecule has 39 heavy (non-hydrogen) atoms. The number of sulfonamides is 1. The van der Waals surface area contributed by atoms with Gasteiger partial charge in [-0.15, -0.1) is 0 Å². The SMILES string of the molecule is CCCCNC(=O)[C@H](C)N(CCc1ccccc1)C(=O)CN(c1cc(Cl)cc(Cl)c1)S(=O)(=O)c1ccccc1. The summed E-state index contributed by atoms with van der Waals surface area (Å²) in [6.07, 6.45) is 2.22. The highest BCUT2D eigenvalue weighted by Gasteiger charge is 2.32. The van der Waals surface area contributed by atoms with E-state index in [2.05, 4.69) is 5.32 Å². The van der Waals surface area contributed by atoms with Crippen LogP contribution in [0.25, 0.3) is 0 Å². The number of rotatable bonds is 13. The van der Waals surface area contributed by atoms with Gasteiger partial charge in [-0.3, -0.25) is 13.9 Å². The highest BCUT2D eigenvalue weighted by molar-refractivity contribution is 7.92. The monoisotopic (exact) mass is 589 g/mol. The van der Waals surface area contributed by atoms with Crippen LogP contribution in [-0.4, -0.2) is 50.8 Å². The average Bonchev–Trinajstić information content (AvgIpc) is 2.92. The maximum atomic E-state index is 13.8. The number of carbonyl (C=O) groups excluding carboxylic acids is 2. The summed E-state index contributed by atoms with van der Waals surface area (Å²) < 4.78 is 28.5. The molecule has 7 nitrogen and oxygen atoms in total. The molecule has 0 spiro atoms. The Labute approximate surface area is 240 Å². The van der Waals surface area contributed by atoms with E-state index in [0.717, 1.165) is 22.7 Å². The molecule has 0 saturated heterocycles. The van der Waals surface area contributed by atoms with Crippen LogP contribution in [-0.2, 0) is 26.0 Å². The third kappa shape index (κ3) is 8.46. The lowest BCUT2D eigenvalue weighted by atomic mass is 10.1. The van der Waals surface area contributed by atoms with Gasteiger partial charge in [0.2, 0.25) is 11.8 Å². The van der Waals surface area contributed by atoms with Crippen molar-refractivity contribution in [3.8, 4) is 0 Å². The van der Waals surface area contributed by atoms with Gasteiger partial charge < -0.3 is 10.2 Å². The van der Waals surface area contributed by atoms with Crippen molar-refractivity contribution in [3.05, 3.63) is 94.5 Å². The molecule has 0 unspecified atom stereocenters. The molecule has 0 aliphatic heterocycles. The predicted molar refractivity (Wildman–Crippen MR) is 157 cm³/mol. The van der Waals surface area contributed by atoms with Gasteiger partial charge in [-0.1, -0.05) is 85.1 Å². The van der Waals surface area contributed by atoms with Gasteiger partial charge >= 0.3 is 0 Å². The van der Waals surface area contributed by atoms with E-state index in [-0.39, 0.29) is 33.1 Å². The number of anilines is 1. The second-order valence-electron chi connectivity index (χ2n) is 9.10. The summed E-state index contributed by atoms with van der Waals surface area (Å²) >= 11 is 12.4. The van der Waals surface area contributed by atoms with Gasteiger partial charge in [0.1, 0.15) is 12.6 Å². The molecule has 0 fully saturated rings. The number of carbonyl (C=O) groups is 2. The minimum atomic E-state index is -4.18. The Morgan fingerprint density at radius 2 is 1.51 bits per heavy atom. The van der Waals surface area contributed by atoms with Gasteiger partial charge in [0.05, 0.1) is 10.6 Å². The van der Waals surface area contributed by atoms with Crippen LogP contribution in [0.15, 0.2) is 83.8 Å². The molecule has 0 aliphatic rings. The molecule has 0 aliphatic carbocycles. The van der Waals surface area contributed by atoms with E-state index < -0.39 is 28.5 Å². The van der Waals surface area contributed by atoms with Crippen molar-refractivity contribution in [2.45, 2.75) is 44.0 Å². The van der Waals surface area contributed by atoms with E-state index in [1.165, 1.54) is 35.2 Å². The third-order valence-electron chi connectivity index (χ3n) is 6.23. The first-order valence-corrected chi connectivity index (χ1v) is 15.0. The quantitative estimate of drug-likeness (QED) is 0.264. The molecule has 0 heterocycles. The number of unbranched alkanes of at least 4 members (excludes halogenated alkanes) is 1. The topological polar surface area (TPSA) is 86.8 Å². The van der Waals surface area contributed by atoms with E-state index in [1.54, 1.807) is 25.1 Å². The van der Waals surface area contributed by atoms with Crippen LogP contribution >= 0.6 is 23.2 Å². The van der Waals surface area contributed by atoms with Crippen molar-refractivity contribution in [1.82, 2.24) is 10.2 Å². The minimum absolute atomic E-state index is 0.00934. The molecule has 0 aromatic heterocycles. The molecule has 3 aromatic carbocycles. The molecule has 0 radical (unpaired) electrons. The zero-order valence-corrected chi connectivity index (χ0v) is 24.3. The predicted octanol–water partition coefficient (Wildman–Crippen LogP) is 5.56. The molecule has 2 amide bonds. The highest BCUT2D eigenvalue weighted by Crippen LogP contribution is 2.30. The lowest BCUT2D eigenvalue weighted by molar-refractivity contribution is -0.138. The van der Waals surface area contributed by atoms with Crippen molar-refractivity contribution >= 4 is 50.7 Å². The summed E-state index contributed by atoms with van der Waals surface area (Å²) in [4.78, 5) is 28.2. The Morgan fingerprint density at radius 1 is 0.923 bits per heavy atom. The van der Waals surface area contributed by atoms with Crippen LogP contribution in [0.4, 0.5) is 5.69 Å². The van der Waals surface area contributed by atoms with Crippen LogP contribution in [0.2, 0.25) is 10.0 Å². The largest absolute Gasteiger partial charge is 0.354 e. The lowest BCUT2D eigenvalue weighted by Crippen LogP contribution is -2.52. The Morgan fingerprint density at radius 3 is 2.10 bits per heavy atom.